The van der Waals surface area contributed by atoms with Crippen molar-refractivity contribution in [3.63, 3.8) is 0 Å². The van der Waals surface area contributed by atoms with Gasteiger partial charge < -0.3 is 5.32 Å². The largest absolute Gasteiger partial charge is 0.355 e. The Kier molecular flexibility index (Phi) is 3.95. The molecule has 6 nitrogen and oxygen atoms in total. The van der Waals surface area contributed by atoms with Crippen molar-refractivity contribution in [1.82, 2.24) is 25.9 Å². The highest BCUT2D eigenvalue weighted by molar-refractivity contribution is 5.78. The summed E-state index contributed by atoms with van der Waals surface area (Å²) < 4.78 is 12.9. The fourth-order valence-corrected chi connectivity index (χ4v) is 1.50. The fourth-order valence-electron chi connectivity index (χ4n) is 1.50. The van der Waals surface area contributed by atoms with Gasteiger partial charge in [0.1, 0.15) is 5.82 Å². The monoisotopic (exact) mass is 249 g/mol. The number of carbonyl (C=O) groups excluding carboxylic acids is 1. The third kappa shape index (κ3) is 3.62. The number of hydrogen-bond acceptors (Lipinski definition) is 4. The molecule has 1 aromatic carbocycles. The number of nitrogens with one attached hydrogen (secondary N) is 2. The molecule has 0 aliphatic heterocycles. The molecule has 0 unspecified atom stereocenters. The number of amides is 1. The quantitative estimate of drug-likeness (QED) is 0.795. The molecule has 0 radical (unpaired) electrons. The van der Waals surface area contributed by atoms with Gasteiger partial charge in [0.2, 0.25) is 5.91 Å². The third-order valence-electron chi connectivity index (χ3n) is 2.31. The van der Waals surface area contributed by atoms with Crippen molar-refractivity contribution in [2.24, 2.45) is 0 Å². The smallest absolute Gasteiger partial charge is 0.224 e. The van der Waals surface area contributed by atoms with Crippen LogP contribution in [-0.4, -0.2) is 33.1 Å². The van der Waals surface area contributed by atoms with E-state index in [2.05, 4.69) is 25.9 Å². The second-order valence-electron chi connectivity index (χ2n) is 3.73. The first-order valence-corrected chi connectivity index (χ1v) is 5.47. The van der Waals surface area contributed by atoms with Gasteiger partial charge in [-0.1, -0.05) is 17.3 Å². The van der Waals surface area contributed by atoms with Gasteiger partial charge in [-0.05, 0) is 17.7 Å². The van der Waals surface area contributed by atoms with E-state index in [9.17, 15) is 9.18 Å². The van der Waals surface area contributed by atoms with E-state index >= 15 is 0 Å². The topological polar surface area (TPSA) is 83.6 Å². The first-order valence-electron chi connectivity index (χ1n) is 5.47. The zero-order valence-electron chi connectivity index (χ0n) is 9.56. The first kappa shape index (κ1) is 12.2. The molecule has 2 N–H and O–H groups in total. The normalized spacial score (nSPS) is 10.3. The van der Waals surface area contributed by atoms with Crippen LogP contribution in [0.4, 0.5) is 4.39 Å². The SMILES string of the molecule is O=C(Cc1cccc(F)c1)NCCc1nn[nH]n1. The molecule has 0 atom stereocenters. The number of aromatic amines is 1. The number of rotatable bonds is 5. The lowest BCUT2D eigenvalue weighted by molar-refractivity contribution is -0.120. The summed E-state index contributed by atoms with van der Waals surface area (Å²) in [5.74, 6) is 0.0391. The van der Waals surface area contributed by atoms with Crippen LogP contribution in [0.25, 0.3) is 0 Å². The summed E-state index contributed by atoms with van der Waals surface area (Å²) in [6.07, 6.45) is 0.662. The van der Waals surface area contributed by atoms with Crippen molar-refractivity contribution < 1.29 is 9.18 Å². The van der Waals surface area contributed by atoms with Gasteiger partial charge in [0, 0.05) is 13.0 Å². The standard InChI is InChI=1S/C11H12FN5O/c12-9-3-1-2-8(6-9)7-11(18)13-5-4-10-14-16-17-15-10/h1-3,6H,4-5,7H2,(H,13,18)(H,14,15,16,17). The van der Waals surface area contributed by atoms with Crippen molar-refractivity contribution in [3.05, 3.63) is 41.5 Å². The summed E-state index contributed by atoms with van der Waals surface area (Å²) in [6, 6.07) is 5.98. The van der Waals surface area contributed by atoms with Gasteiger partial charge in [0.25, 0.3) is 0 Å². The Morgan fingerprint density at radius 3 is 3.06 bits per heavy atom. The van der Waals surface area contributed by atoms with E-state index in [-0.39, 0.29) is 18.1 Å². The molecule has 18 heavy (non-hydrogen) atoms. The van der Waals surface area contributed by atoms with E-state index in [0.29, 0.717) is 24.4 Å². The van der Waals surface area contributed by atoms with Crippen LogP contribution in [-0.2, 0) is 17.6 Å². The number of tetrazole rings is 1. The van der Waals surface area contributed by atoms with Gasteiger partial charge in [-0.15, -0.1) is 10.2 Å². The minimum atomic E-state index is -0.341. The van der Waals surface area contributed by atoms with Gasteiger partial charge >= 0.3 is 0 Å². The second kappa shape index (κ2) is 5.85. The number of halogens is 1. The Hall–Kier alpha value is -2.31. The number of benzene rings is 1. The molecule has 0 aliphatic carbocycles. The molecule has 0 bridgehead atoms. The predicted molar refractivity (Wildman–Crippen MR) is 61.0 cm³/mol. The van der Waals surface area contributed by atoms with E-state index < -0.39 is 0 Å². The van der Waals surface area contributed by atoms with Crippen molar-refractivity contribution in [3.8, 4) is 0 Å². The van der Waals surface area contributed by atoms with Crippen LogP contribution in [0, 0.1) is 5.82 Å². The average molecular weight is 249 g/mol. The van der Waals surface area contributed by atoms with E-state index in [1.807, 2.05) is 0 Å². The zero-order valence-corrected chi connectivity index (χ0v) is 9.56. The minimum Gasteiger partial charge on any atom is -0.355 e. The summed E-state index contributed by atoms with van der Waals surface area (Å²) >= 11 is 0. The molecule has 0 spiro atoms. The number of aromatic nitrogens is 4. The highest BCUT2D eigenvalue weighted by atomic mass is 19.1. The molecule has 2 rings (SSSR count). The van der Waals surface area contributed by atoms with E-state index in [1.54, 1.807) is 12.1 Å². The summed E-state index contributed by atoms with van der Waals surface area (Å²) in [5.41, 5.74) is 0.645. The van der Waals surface area contributed by atoms with Crippen molar-refractivity contribution >= 4 is 5.91 Å². The van der Waals surface area contributed by atoms with Crippen LogP contribution in [0.2, 0.25) is 0 Å². The predicted octanol–water partition coefficient (Wildman–Crippen LogP) is 0.240. The van der Waals surface area contributed by atoms with Crippen molar-refractivity contribution in [1.29, 1.82) is 0 Å². The van der Waals surface area contributed by atoms with E-state index in [1.165, 1.54) is 12.1 Å². The van der Waals surface area contributed by atoms with Crippen LogP contribution in [0.1, 0.15) is 11.4 Å². The summed E-state index contributed by atoms with van der Waals surface area (Å²) in [7, 11) is 0. The Morgan fingerprint density at radius 2 is 2.33 bits per heavy atom. The molecule has 1 heterocycles. The van der Waals surface area contributed by atoms with E-state index in [4.69, 9.17) is 0 Å². The van der Waals surface area contributed by atoms with Crippen LogP contribution < -0.4 is 5.32 Å². The maximum atomic E-state index is 12.9. The molecular weight excluding hydrogens is 237 g/mol. The summed E-state index contributed by atoms with van der Waals surface area (Å²) in [4.78, 5) is 11.6. The van der Waals surface area contributed by atoms with Crippen LogP contribution in [0.5, 0.6) is 0 Å². The highest BCUT2D eigenvalue weighted by Gasteiger charge is 2.04. The first-order chi connectivity index (χ1) is 8.74. The number of carbonyl (C=O) groups is 1. The molecule has 2 aromatic rings. The maximum absolute atomic E-state index is 12.9. The Bertz CT molecular complexity index is 514. The second-order valence-corrected chi connectivity index (χ2v) is 3.73. The van der Waals surface area contributed by atoms with Crippen molar-refractivity contribution in [2.45, 2.75) is 12.8 Å². The Labute approximate surface area is 103 Å². The molecule has 0 saturated heterocycles. The summed E-state index contributed by atoms with van der Waals surface area (Å²) in [6.45, 7) is 0.424. The number of H-pyrrole nitrogens is 1. The van der Waals surface area contributed by atoms with E-state index in [0.717, 1.165) is 0 Å². The molecular formula is C11H12FN5O. The zero-order chi connectivity index (χ0) is 12.8. The lowest BCUT2D eigenvalue weighted by atomic mass is 10.1. The van der Waals surface area contributed by atoms with Crippen molar-refractivity contribution in [2.75, 3.05) is 6.54 Å². The fraction of sp³-hybridized carbons (Fsp3) is 0.273. The maximum Gasteiger partial charge on any atom is 0.224 e. The molecule has 1 aromatic heterocycles. The highest BCUT2D eigenvalue weighted by Crippen LogP contribution is 2.03. The molecule has 0 aliphatic rings. The molecule has 0 saturated carbocycles. The van der Waals surface area contributed by atoms with Gasteiger partial charge in [0.05, 0.1) is 6.42 Å². The molecule has 94 valence electrons. The minimum absolute atomic E-state index is 0.157. The lowest BCUT2D eigenvalue weighted by Crippen LogP contribution is -2.27. The summed E-state index contributed by atoms with van der Waals surface area (Å²) in [5, 5.41) is 16.0. The van der Waals surface area contributed by atoms with Crippen LogP contribution in [0.3, 0.4) is 0 Å². The Balaban J connectivity index is 1.75. The third-order valence-corrected chi connectivity index (χ3v) is 2.31. The molecule has 0 fully saturated rings. The van der Waals surface area contributed by atoms with Gasteiger partial charge in [0.15, 0.2) is 5.82 Å². The molecule has 7 heteroatoms. The average Bonchev–Trinajstić information content (AvgIpc) is 2.82. The van der Waals surface area contributed by atoms with Gasteiger partial charge in [-0.25, -0.2) is 4.39 Å². The lowest BCUT2D eigenvalue weighted by Gasteiger charge is -2.03. The number of hydrogen-bond donors (Lipinski definition) is 2. The van der Waals surface area contributed by atoms with Gasteiger partial charge in [-0.2, -0.15) is 5.21 Å². The molecule has 1 amide bonds. The number of nitrogens with zero attached hydrogens (tertiary/aromatic N) is 3. The van der Waals surface area contributed by atoms with Crippen LogP contribution in [0.15, 0.2) is 24.3 Å². The van der Waals surface area contributed by atoms with Crippen LogP contribution >= 0.6 is 0 Å². The Morgan fingerprint density at radius 1 is 1.44 bits per heavy atom. The van der Waals surface area contributed by atoms with Gasteiger partial charge in [-0.3, -0.25) is 4.79 Å².